The Hall–Kier alpha value is -2.98. The number of H-pyrrole nitrogens is 1. The molecule has 4 aromatic rings. The van der Waals surface area contributed by atoms with Crippen molar-refractivity contribution in [2.75, 3.05) is 0 Å². The highest BCUT2D eigenvalue weighted by molar-refractivity contribution is 6.31. The van der Waals surface area contributed by atoms with Gasteiger partial charge in [-0.25, -0.2) is 9.18 Å². The first kappa shape index (κ1) is 24.2. The van der Waals surface area contributed by atoms with Gasteiger partial charge in [0.2, 0.25) is 17.1 Å². The van der Waals surface area contributed by atoms with Gasteiger partial charge in [0.25, 0.3) is 5.56 Å². The standard InChI is InChI=1S/C22H23Cl2FN6O3/c1-2-3-4-9-30-19-18(26-21(24)27-19)20(32)31(22(30)33)10-5-6-16-28-29-17(34-16)11-13-7-8-14(25)12-15(13)23/h7-8,12H,2-6,9-11H2,1H3,(H,26,27). The number of benzene rings is 1. The zero-order valence-corrected chi connectivity index (χ0v) is 20.0. The smallest absolute Gasteiger partial charge is 0.332 e. The molecule has 0 spiro atoms. The molecule has 3 heterocycles. The van der Waals surface area contributed by atoms with Gasteiger partial charge >= 0.3 is 5.69 Å². The molecule has 0 fully saturated rings. The third kappa shape index (κ3) is 5.23. The fourth-order valence-electron chi connectivity index (χ4n) is 3.73. The minimum Gasteiger partial charge on any atom is -0.425 e. The second kappa shape index (κ2) is 10.5. The van der Waals surface area contributed by atoms with E-state index in [1.165, 1.54) is 21.3 Å². The van der Waals surface area contributed by atoms with Crippen molar-refractivity contribution in [2.45, 2.75) is 58.5 Å². The maximum Gasteiger partial charge on any atom is 0.332 e. The van der Waals surface area contributed by atoms with Gasteiger partial charge in [-0.15, -0.1) is 10.2 Å². The maximum absolute atomic E-state index is 13.2. The topological polar surface area (TPSA) is 112 Å². The molecular formula is C22H23Cl2FN6O3. The molecule has 34 heavy (non-hydrogen) atoms. The highest BCUT2D eigenvalue weighted by Gasteiger charge is 2.17. The van der Waals surface area contributed by atoms with Crippen LogP contribution in [0.3, 0.4) is 0 Å². The van der Waals surface area contributed by atoms with E-state index in [9.17, 15) is 14.0 Å². The van der Waals surface area contributed by atoms with E-state index in [0.29, 0.717) is 36.7 Å². The molecule has 3 aromatic heterocycles. The first-order valence-corrected chi connectivity index (χ1v) is 11.8. The van der Waals surface area contributed by atoms with E-state index < -0.39 is 17.1 Å². The number of aromatic nitrogens is 6. The molecule has 9 nitrogen and oxygen atoms in total. The maximum atomic E-state index is 13.2. The molecule has 1 aromatic carbocycles. The largest absolute Gasteiger partial charge is 0.425 e. The Kier molecular flexibility index (Phi) is 7.47. The molecule has 0 amide bonds. The molecule has 0 unspecified atom stereocenters. The second-order valence-corrected chi connectivity index (χ2v) is 8.70. The molecule has 12 heteroatoms. The monoisotopic (exact) mass is 508 g/mol. The summed E-state index contributed by atoms with van der Waals surface area (Å²) in [4.78, 5) is 32.8. The number of aryl methyl sites for hydroxylation is 2. The van der Waals surface area contributed by atoms with Gasteiger partial charge in [-0.05, 0) is 42.1 Å². The van der Waals surface area contributed by atoms with Gasteiger partial charge in [0.15, 0.2) is 11.2 Å². The summed E-state index contributed by atoms with van der Waals surface area (Å²) in [7, 11) is 0. The first-order chi connectivity index (χ1) is 16.4. The van der Waals surface area contributed by atoms with Gasteiger partial charge in [-0.2, -0.15) is 4.98 Å². The minimum atomic E-state index is -0.469. The highest BCUT2D eigenvalue weighted by atomic mass is 35.5. The van der Waals surface area contributed by atoms with E-state index in [0.717, 1.165) is 19.3 Å². The Morgan fingerprint density at radius 2 is 1.82 bits per heavy atom. The molecule has 0 aliphatic rings. The summed E-state index contributed by atoms with van der Waals surface area (Å²) in [6, 6.07) is 4.11. The summed E-state index contributed by atoms with van der Waals surface area (Å²) in [5.41, 5.74) is 0.253. The summed E-state index contributed by atoms with van der Waals surface area (Å²) < 4.78 is 21.5. The summed E-state index contributed by atoms with van der Waals surface area (Å²) in [6.45, 7) is 2.69. The molecule has 4 rings (SSSR count). The molecule has 0 saturated carbocycles. The molecule has 0 atom stereocenters. The number of nitrogens with zero attached hydrogens (tertiary/aromatic N) is 5. The highest BCUT2D eigenvalue weighted by Crippen LogP contribution is 2.20. The van der Waals surface area contributed by atoms with Crippen LogP contribution < -0.4 is 11.2 Å². The average Bonchev–Trinajstić information content (AvgIpc) is 3.41. The third-order valence-electron chi connectivity index (χ3n) is 5.46. The van der Waals surface area contributed by atoms with Crippen LogP contribution in [0.15, 0.2) is 32.2 Å². The van der Waals surface area contributed by atoms with Crippen LogP contribution >= 0.6 is 23.2 Å². The first-order valence-electron chi connectivity index (χ1n) is 11.0. The fourth-order valence-corrected chi connectivity index (χ4v) is 4.14. The quantitative estimate of drug-likeness (QED) is 0.254. The van der Waals surface area contributed by atoms with Gasteiger partial charge in [-0.1, -0.05) is 37.4 Å². The third-order valence-corrected chi connectivity index (χ3v) is 5.99. The molecule has 1 N–H and O–H groups in total. The number of nitrogens with one attached hydrogen (secondary N) is 1. The predicted molar refractivity (Wildman–Crippen MR) is 126 cm³/mol. The van der Waals surface area contributed by atoms with Gasteiger partial charge in [0.05, 0.1) is 6.42 Å². The molecule has 0 aliphatic heterocycles. The van der Waals surface area contributed by atoms with Crippen molar-refractivity contribution in [3.05, 3.63) is 72.5 Å². The summed E-state index contributed by atoms with van der Waals surface area (Å²) in [5.74, 6) is 0.290. The second-order valence-electron chi connectivity index (χ2n) is 7.93. The van der Waals surface area contributed by atoms with E-state index in [4.69, 9.17) is 27.6 Å². The number of unbranched alkanes of at least 4 members (excludes halogenated alkanes) is 2. The van der Waals surface area contributed by atoms with E-state index in [1.807, 2.05) is 0 Å². The van der Waals surface area contributed by atoms with Crippen LogP contribution in [0.5, 0.6) is 0 Å². The van der Waals surface area contributed by atoms with Crippen LogP contribution in [-0.4, -0.2) is 29.3 Å². The lowest BCUT2D eigenvalue weighted by Gasteiger charge is -2.10. The van der Waals surface area contributed by atoms with Crippen molar-refractivity contribution in [2.24, 2.45) is 0 Å². The number of fused-ring (bicyclic) bond motifs is 1. The van der Waals surface area contributed by atoms with Crippen LogP contribution in [0, 0.1) is 5.82 Å². The van der Waals surface area contributed by atoms with Crippen molar-refractivity contribution < 1.29 is 8.81 Å². The van der Waals surface area contributed by atoms with Crippen LogP contribution in [0.1, 0.15) is 50.0 Å². The summed E-state index contributed by atoms with van der Waals surface area (Å²) in [5, 5.41) is 8.37. The number of halogens is 3. The van der Waals surface area contributed by atoms with E-state index >= 15 is 0 Å². The van der Waals surface area contributed by atoms with E-state index in [-0.39, 0.29) is 34.4 Å². The van der Waals surface area contributed by atoms with Crippen molar-refractivity contribution in [3.63, 3.8) is 0 Å². The van der Waals surface area contributed by atoms with E-state index in [1.54, 1.807) is 6.07 Å². The van der Waals surface area contributed by atoms with Crippen LogP contribution in [0.4, 0.5) is 4.39 Å². The van der Waals surface area contributed by atoms with Crippen molar-refractivity contribution in [1.82, 2.24) is 29.3 Å². The predicted octanol–water partition coefficient (Wildman–Crippen LogP) is 4.13. The van der Waals surface area contributed by atoms with Gasteiger partial charge < -0.3 is 9.40 Å². The van der Waals surface area contributed by atoms with Gasteiger partial charge in [-0.3, -0.25) is 13.9 Å². The molecular weight excluding hydrogens is 486 g/mol. The van der Waals surface area contributed by atoms with Gasteiger partial charge in [0.1, 0.15) is 5.82 Å². The lowest BCUT2D eigenvalue weighted by molar-refractivity contribution is 0.440. The fraction of sp³-hybridized carbons (Fsp3) is 0.409. The van der Waals surface area contributed by atoms with Crippen molar-refractivity contribution in [3.8, 4) is 0 Å². The average molecular weight is 509 g/mol. The number of hydrogen-bond acceptors (Lipinski definition) is 6. The SMILES string of the molecule is CCCCCn1c(=O)n(CCCc2nnc(Cc3ccc(F)cc3Cl)o2)c(=O)c2[nH]c(Cl)nc21. The van der Waals surface area contributed by atoms with E-state index in [2.05, 4.69) is 27.1 Å². The zero-order chi connectivity index (χ0) is 24.2. The Morgan fingerprint density at radius 3 is 2.59 bits per heavy atom. The molecule has 180 valence electrons. The Bertz CT molecular complexity index is 1420. The number of aromatic amines is 1. The Labute approximate surface area is 203 Å². The van der Waals surface area contributed by atoms with Crippen LogP contribution in [0.25, 0.3) is 11.2 Å². The zero-order valence-electron chi connectivity index (χ0n) is 18.5. The number of rotatable bonds is 10. The lowest BCUT2D eigenvalue weighted by Crippen LogP contribution is -2.40. The molecule has 0 aliphatic carbocycles. The van der Waals surface area contributed by atoms with Crippen molar-refractivity contribution >= 4 is 34.4 Å². The van der Waals surface area contributed by atoms with Gasteiger partial charge in [0, 0.05) is 24.5 Å². The molecule has 0 saturated heterocycles. The molecule has 0 bridgehead atoms. The minimum absolute atomic E-state index is 0.0631. The Balaban J connectivity index is 1.47. The summed E-state index contributed by atoms with van der Waals surface area (Å²) >= 11 is 12.0. The number of hydrogen-bond donors (Lipinski definition) is 1. The summed E-state index contributed by atoms with van der Waals surface area (Å²) in [6.07, 6.45) is 3.80. The Morgan fingerprint density at radius 1 is 1.06 bits per heavy atom. The lowest BCUT2D eigenvalue weighted by atomic mass is 10.1. The van der Waals surface area contributed by atoms with Crippen molar-refractivity contribution in [1.29, 1.82) is 0 Å². The number of imidazole rings is 1. The normalized spacial score (nSPS) is 11.5. The van der Waals surface area contributed by atoms with Crippen LogP contribution in [-0.2, 0) is 25.9 Å². The molecule has 0 radical (unpaired) electrons. The van der Waals surface area contributed by atoms with Crippen LogP contribution in [0.2, 0.25) is 10.3 Å².